The predicted molar refractivity (Wildman–Crippen MR) is 41.7 cm³/mol. The van der Waals surface area contributed by atoms with Crippen LogP contribution in [0, 0.1) is 18.3 Å². The van der Waals surface area contributed by atoms with Crippen molar-refractivity contribution in [3.05, 3.63) is 12.2 Å². The van der Waals surface area contributed by atoms with Crippen molar-refractivity contribution >= 4 is 5.78 Å². The molecule has 1 aliphatic carbocycles. The summed E-state index contributed by atoms with van der Waals surface area (Å²) in [6.07, 6.45) is 8.55. The predicted octanol–water partition coefficient (Wildman–Crippen LogP) is 0.516. The fraction of sp³-hybridized carbons (Fsp3) is 0.444. The van der Waals surface area contributed by atoms with Gasteiger partial charge in [0.05, 0.1) is 0 Å². The summed E-state index contributed by atoms with van der Waals surface area (Å²) >= 11 is 0. The van der Waals surface area contributed by atoms with Crippen LogP contribution < -0.4 is 0 Å². The number of carbonyl (C=O) groups excluding carboxylic acids is 1. The number of hydrogen-bond donors (Lipinski definition) is 1. The van der Waals surface area contributed by atoms with Crippen molar-refractivity contribution in [1.82, 2.24) is 0 Å². The quantitative estimate of drug-likeness (QED) is 0.553. The summed E-state index contributed by atoms with van der Waals surface area (Å²) in [5.74, 6) is 2.08. The molecule has 0 spiro atoms. The molecule has 2 atom stereocenters. The van der Waals surface area contributed by atoms with Gasteiger partial charge in [0, 0.05) is 12.3 Å². The van der Waals surface area contributed by atoms with Crippen molar-refractivity contribution in [2.24, 2.45) is 5.92 Å². The minimum absolute atomic E-state index is 0.0329. The lowest BCUT2D eigenvalue weighted by atomic mass is 9.89. The summed E-state index contributed by atoms with van der Waals surface area (Å²) in [6.45, 7) is 1.54. The Morgan fingerprint density at radius 1 is 1.91 bits per heavy atom. The molecule has 0 saturated carbocycles. The summed E-state index contributed by atoms with van der Waals surface area (Å²) in [6, 6.07) is 0. The second kappa shape index (κ2) is 2.52. The molecule has 58 valence electrons. The van der Waals surface area contributed by atoms with Gasteiger partial charge in [0.1, 0.15) is 5.60 Å². The van der Waals surface area contributed by atoms with Gasteiger partial charge in [-0.25, -0.2) is 0 Å². The number of terminal acetylenes is 1. The minimum Gasteiger partial charge on any atom is -0.377 e. The molecule has 2 unspecified atom stereocenters. The van der Waals surface area contributed by atoms with E-state index in [0.717, 1.165) is 0 Å². The van der Waals surface area contributed by atoms with Crippen molar-refractivity contribution in [1.29, 1.82) is 0 Å². The SMILES string of the molecule is C#CC(C)(O)C1C=CC(=O)C1. The first kappa shape index (κ1) is 8.03. The second-order valence-electron chi connectivity index (χ2n) is 2.93. The highest BCUT2D eigenvalue weighted by molar-refractivity contribution is 5.92. The van der Waals surface area contributed by atoms with Crippen LogP contribution >= 0.6 is 0 Å². The lowest BCUT2D eigenvalue weighted by Crippen LogP contribution is -2.30. The van der Waals surface area contributed by atoms with E-state index < -0.39 is 5.60 Å². The number of rotatable bonds is 1. The van der Waals surface area contributed by atoms with E-state index in [9.17, 15) is 9.90 Å². The molecule has 0 amide bonds. The van der Waals surface area contributed by atoms with E-state index in [2.05, 4.69) is 5.92 Å². The molecule has 2 heteroatoms. The van der Waals surface area contributed by atoms with Crippen LogP contribution in [-0.4, -0.2) is 16.5 Å². The van der Waals surface area contributed by atoms with E-state index in [4.69, 9.17) is 6.42 Å². The van der Waals surface area contributed by atoms with Gasteiger partial charge in [-0.3, -0.25) is 4.79 Å². The van der Waals surface area contributed by atoms with Gasteiger partial charge in [-0.1, -0.05) is 12.0 Å². The lowest BCUT2D eigenvalue weighted by molar-refractivity contribution is -0.115. The van der Waals surface area contributed by atoms with Crippen LogP contribution in [0.15, 0.2) is 12.2 Å². The van der Waals surface area contributed by atoms with Gasteiger partial charge in [0.25, 0.3) is 0 Å². The maximum Gasteiger partial charge on any atom is 0.156 e. The molecule has 0 aromatic rings. The molecular formula is C9H10O2. The summed E-state index contributed by atoms with van der Waals surface area (Å²) in [4.78, 5) is 10.7. The summed E-state index contributed by atoms with van der Waals surface area (Å²) in [5, 5.41) is 9.50. The molecule has 0 aromatic heterocycles. The van der Waals surface area contributed by atoms with Crippen molar-refractivity contribution in [3.63, 3.8) is 0 Å². The van der Waals surface area contributed by atoms with E-state index in [-0.39, 0.29) is 11.7 Å². The average Bonchev–Trinajstić information content (AvgIpc) is 2.36. The molecular weight excluding hydrogens is 140 g/mol. The molecule has 1 N–H and O–H groups in total. The Morgan fingerprint density at radius 2 is 2.55 bits per heavy atom. The van der Waals surface area contributed by atoms with Crippen LogP contribution in [0.5, 0.6) is 0 Å². The molecule has 0 aliphatic heterocycles. The molecule has 0 radical (unpaired) electrons. The van der Waals surface area contributed by atoms with Crippen LogP contribution in [0.25, 0.3) is 0 Å². The van der Waals surface area contributed by atoms with Gasteiger partial charge in [0.2, 0.25) is 0 Å². The zero-order valence-electron chi connectivity index (χ0n) is 6.37. The number of hydrogen-bond acceptors (Lipinski definition) is 2. The van der Waals surface area contributed by atoms with Crippen LogP contribution in [0.4, 0.5) is 0 Å². The van der Waals surface area contributed by atoms with E-state index >= 15 is 0 Å². The second-order valence-corrected chi connectivity index (χ2v) is 2.93. The number of ketones is 1. The molecule has 1 rings (SSSR count). The maximum absolute atomic E-state index is 10.7. The van der Waals surface area contributed by atoms with Gasteiger partial charge in [-0.05, 0) is 13.0 Å². The zero-order valence-corrected chi connectivity index (χ0v) is 6.37. The van der Waals surface area contributed by atoms with Crippen molar-refractivity contribution < 1.29 is 9.90 Å². The van der Waals surface area contributed by atoms with Crippen molar-refractivity contribution in [3.8, 4) is 12.3 Å². The first-order valence-electron chi connectivity index (χ1n) is 3.47. The largest absolute Gasteiger partial charge is 0.377 e. The third-order valence-corrected chi connectivity index (χ3v) is 1.95. The topological polar surface area (TPSA) is 37.3 Å². The Hall–Kier alpha value is -1.07. The Kier molecular flexibility index (Phi) is 1.84. The Labute approximate surface area is 65.9 Å². The number of aliphatic hydroxyl groups is 1. The van der Waals surface area contributed by atoms with Gasteiger partial charge in [-0.2, -0.15) is 0 Å². The fourth-order valence-electron chi connectivity index (χ4n) is 1.07. The highest BCUT2D eigenvalue weighted by atomic mass is 16.3. The monoisotopic (exact) mass is 150 g/mol. The molecule has 11 heavy (non-hydrogen) atoms. The Morgan fingerprint density at radius 3 is 2.91 bits per heavy atom. The molecule has 0 saturated heterocycles. The summed E-state index contributed by atoms with van der Waals surface area (Å²) in [5.41, 5.74) is -1.18. The molecule has 0 heterocycles. The summed E-state index contributed by atoms with van der Waals surface area (Å²) in [7, 11) is 0. The standard InChI is InChI=1S/C9H10O2/c1-3-9(2,11)7-4-5-8(10)6-7/h1,4-5,7,11H,6H2,2H3. The van der Waals surface area contributed by atoms with Crippen molar-refractivity contribution in [2.75, 3.05) is 0 Å². The number of carbonyl (C=O) groups is 1. The summed E-state index contributed by atoms with van der Waals surface area (Å²) < 4.78 is 0. The Balaban J connectivity index is 2.74. The normalized spacial score (nSPS) is 28.1. The van der Waals surface area contributed by atoms with E-state index in [0.29, 0.717) is 6.42 Å². The lowest BCUT2D eigenvalue weighted by Gasteiger charge is -2.21. The fourth-order valence-corrected chi connectivity index (χ4v) is 1.07. The van der Waals surface area contributed by atoms with Gasteiger partial charge >= 0.3 is 0 Å². The highest BCUT2D eigenvalue weighted by Gasteiger charge is 2.31. The highest BCUT2D eigenvalue weighted by Crippen LogP contribution is 2.25. The van der Waals surface area contributed by atoms with Gasteiger partial charge < -0.3 is 5.11 Å². The third-order valence-electron chi connectivity index (χ3n) is 1.95. The van der Waals surface area contributed by atoms with Gasteiger partial charge in [0.15, 0.2) is 5.78 Å². The van der Waals surface area contributed by atoms with Crippen molar-refractivity contribution in [2.45, 2.75) is 18.9 Å². The molecule has 0 bridgehead atoms. The van der Waals surface area contributed by atoms with Crippen LogP contribution in [0.1, 0.15) is 13.3 Å². The molecule has 0 aromatic carbocycles. The van der Waals surface area contributed by atoms with Crippen LogP contribution in [0.2, 0.25) is 0 Å². The maximum atomic E-state index is 10.7. The van der Waals surface area contributed by atoms with Crippen LogP contribution in [-0.2, 0) is 4.79 Å². The molecule has 2 nitrogen and oxygen atoms in total. The minimum atomic E-state index is -1.18. The first-order chi connectivity index (χ1) is 5.06. The first-order valence-corrected chi connectivity index (χ1v) is 3.47. The van der Waals surface area contributed by atoms with E-state index in [1.54, 1.807) is 13.0 Å². The molecule has 1 aliphatic rings. The van der Waals surface area contributed by atoms with E-state index in [1.165, 1.54) is 6.08 Å². The van der Waals surface area contributed by atoms with E-state index in [1.807, 2.05) is 0 Å². The Bertz CT molecular complexity index is 243. The van der Waals surface area contributed by atoms with Crippen LogP contribution in [0.3, 0.4) is 0 Å². The smallest absolute Gasteiger partial charge is 0.156 e. The zero-order chi connectivity index (χ0) is 8.48. The average molecular weight is 150 g/mol. The molecule has 0 fully saturated rings. The third kappa shape index (κ3) is 1.50. The van der Waals surface area contributed by atoms with Gasteiger partial charge in [-0.15, -0.1) is 6.42 Å². The number of allylic oxidation sites excluding steroid dienone is 1.